The number of para-hydroxylation sites is 1. The Balaban J connectivity index is 2.70. The number of aromatic carboxylic acids is 1. The van der Waals surface area contributed by atoms with Crippen LogP contribution in [0.4, 0.5) is 10.7 Å². The van der Waals surface area contributed by atoms with Crippen molar-refractivity contribution in [2.24, 2.45) is 0 Å². The molecule has 0 fully saturated rings. The van der Waals surface area contributed by atoms with Gasteiger partial charge in [-0.15, -0.1) is 11.3 Å². The van der Waals surface area contributed by atoms with E-state index >= 15 is 0 Å². The number of rotatable bonds is 4. The molecule has 1 aromatic heterocycles. The van der Waals surface area contributed by atoms with E-state index < -0.39 is 16.0 Å². The molecular weight excluding hydrogens is 324 g/mol. The van der Waals surface area contributed by atoms with Crippen molar-refractivity contribution in [3.05, 3.63) is 40.5 Å². The Morgan fingerprint density at radius 3 is 2.60 bits per heavy atom. The molecule has 1 heterocycles. The van der Waals surface area contributed by atoms with Gasteiger partial charge in [0.1, 0.15) is 5.00 Å². The second-order valence-corrected chi connectivity index (χ2v) is 6.86. The van der Waals surface area contributed by atoms with Crippen molar-refractivity contribution in [2.45, 2.75) is 0 Å². The Labute approximate surface area is 124 Å². The third-order valence-electron chi connectivity index (χ3n) is 2.34. The van der Waals surface area contributed by atoms with E-state index in [1.54, 1.807) is 12.1 Å². The fourth-order valence-corrected chi connectivity index (χ4v) is 4.00. The van der Waals surface area contributed by atoms with E-state index in [1.807, 2.05) is 0 Å². The van der Waals surface area contributed by atoms with Gasteiger partial charge in [0.15, 0.2) is 5.69 Å². The molecule has 0 saturated heterocycles. The number of hydrogen-bond donors (Lipinski definition) is 1. The summed E-state index contributed by atoms with van der Waals surface area (Å²) in [4.78, 5) is 14.8. The largest absolute Gasteiger partial charge is 0.476 e. The Kier molecular flexibility index (Phi) is 3.98. The van der Waals surface area contributed by atoms with Crippen LogP contribution in [-0.4, -0.2) is 30.7 Å². The number of thiazole rings is 1. The predicted molar refractivity (Wildman–Crippen MR) is 77.5 cm³/mol. The Morgan fingerprint density at radius 1 is 1.40 bits per heavy atom. The highest BCUT2D eigenvalue weighted by molar-refractivity contribution is 7.92. The van der Waals surface area contributed by atoms with Crippen LogP contribution in [0.1, 0.15) is 10.5 Å². The van der Waals surface area contributed by atoms with Gasteiger partial charge >= 0.3 is 5.97 Å². The summed E-state index contributed by atoms with van der Waals surface area (Å²) in [5, 5.41) is 9.27. The minimum absolute atomic E-state index is 0.00639. The van der Waals surface area contributed by atoms with Crippen molar-refractivity contribution < 1.29 is 18.3 Å². The van der Waals surface area contributed by atoms with Crippen LogP contribution >= 0.6 is 22.9 Å². The first kappa shape index (κ1) is 14.8. The van der Waals surface area contributed by atoms with E-state index in [1.165, 1.54) is 17.6 Å². The Bertz CT molecular complexity index is 757. The van der Waals surface area contributed by atoms with Gasteiger partial charge in [0.05, 0.1) is 22.5 Å². The van der Waals surface area contributed by atoms with E-state index in [2.05, 4.69) is 4.98 Å². The van der Waals surface area contributed by atoms with Gasteiger partial charge in [-0.1, -0.05) is 23.7 Å². The molecule has 1 N–H and O–H groups in total. The normalized spacial score (nSPS) is 11.3. The van der Waals surface area contributed by atoms with E-state index in [9.17, 15) is 13.2 Å². The quantitative estimate of drug-likeness (QED) is 0.929. The summed E-state index contributed by atoms with van der Waals surface area (Å²) in [7, 11) is -3.76. The lowest BCUT2D eigenvalue weighted by atomic mass is 10.3. The zero-order chi connectivity index (χ0) is 14.9. The molecule has 0 aliphatic carbocycles. The Hall–Kier alpha value is -1.64. The molecule has 0 amide bonds. The predicted octanol–water partition coefficient (Wildman–Crippen LogP) is 2.59. The van der Waals surface area contributed by atoms with Gasteiger partial charge < -0.3 is 5.11 Å². The van der Waals surface area contributed by atoms with Crippen molar-refractivity contribution in [1.29, 1.82) is 0 Å². The lowest BCUT2D eigenvalue weighted by Gasteiger charge is -2.21. The highest BCUT2D eigenvalue weighted by Gasteiger charge is 2.28. The molecule has 106 valence electrons. The number of anilines is 2. The molecular formula is C11H9ClN2O4S2. The lowest BCUT2D eigenvalue weighted by molar-refractivity contribution is 0.0692. The van der Waals surface area contributed by atoms with Crippen LogP contribution in [0, 0.1) is 0 Å². The second kappa shape index (κ2) is 5.39. The first-order valence-electron chi connectivity index (χ1n) is 5.24. The highest BCUT2D eigenvalue weighted by atomic mass is 35.5. The van der Waals surface area contributed by atoms with Gasteiger partial charge in [-0.05, 0) is 12.1 Å². The molecule has 0 radical (unpaired) electrons. The monoisotopic (exact) mass is 332 g/mol. The Morgan fingerprint density at radius 2 is 2.05 bits per heavy atom. The number of carboxylic acids is 1. The van der Waals surface area contributed by atoms with Crippen molar-refractivity contribution in [1.82, 2.24) is 4.98 Å². The smallest absolute Gasteiger partial charge is 0.357 e. The van der Waals surface area contributed by atoms with E-state index in [0.29, 0.717) is 0 Å². The van der Waals surface area contributed by atoms with Crippen molar-refractivity contribution in [2.75, 3.05) is 10.6 Å². The van der Waals surface area contributed by atoms with Gasteiger partial charge in [-0.2, -0.15) is 0 Å². The summed E-state index contributed by atoms with van der Waals surface area (Å²) in [6.07, 6.45) is 0.974. The molecule has 0 aliphatic rings. The third-order valence-corrected chi connectivity index (χ3v) is 4.63. The molecule has 0 atom stereocenters. The van der Waals surface area contributed by atoms with Gasteiger partial charge in [0.2, 0.25) is 10.0 Å². The lowest BCUT2D eigenvalue weighted by Crippen LogP contribution is -2.25. The third kappa shape index (κ3) is 2.77. The average molecular weight is 333 g/mol. The van der Waals surface area contributed by atoms with Crippen LogP contribution in [0.5, 0.6) is 0 Å². The highest BCUT2D eigenvalue weighted by Crippen LogP contribution is 2.38. The topological polar surface area (TPSA) is 87.6 Å². The van der Waals surface area contributed by atoms with Gasteiger partial charge in [-0.3, -0.25) is 0 Å². The van der Waals surface area contributed by atoms with E-state index in [0.717, 1.165) is 21.9 Å². The van der Waals surface area contributed by atoms with Gasteiger partial charge in [0, 0.05) is 0 Å². The molecule has 0 bridgehead atoms. The van der Waals surface area contributed by atoms with Crippen molar-refractivity contribution in [3.63, 3.8) is 0 Å². The first-order valence-corrected chi connectivity index (χ1v) is 8.34. The van der Waals surface area contributed by atoms with Crippen LogP contribution in [0.25, 0.3) is 0 Å². The van der Waals surface area contributed by atoms with Crippen LogP contribution in [0.2, 0.25) is 5.02 Å². The maximum absolute atomic E-state index is 12.0. The number of aromatic nitrogens is 1. The van der Waals surface area contributed by atoms with Crippen molar-refractivity contribution >= 4 is 49.6 Å². The van der Waals surface area contributed by atoms with Crippen LogP contribution in [-0.2, 0) is 10.0 Å². The molecule has 1 aromatic carbocycles. The number of hydrogen-bond acceptors (Lipinski definition) is 5. The molecule has 0 unspecified atom stereocenters. The summed E-state index contributed by atoms with van der Waals surface area (Å²) >= 11 is 6.92. The average Bonchev–Trinajstić information content (AvgIpc) is 2.79. The number of halogens is 1. The summed E-state index contributed by atoms with van der Waals surface area (Å²) < 4.78 is 24.9. The minimum Gasteiger partial charge on any atom is -0.476 e. The second-order valence-electron chi connectivity index (χ2n) is 3.79. The molecule has 0 saturated carbocycles. The van der Waals surface area contributed by atoms with Crippen LogP contribution in [0.15, 0.2) is 29.8 Å². The fourth-order valence-electron chi connectivity index (χ4n) is 1.59. The molecule has 0 aliphatic heterocycles. The minimum atomic E-state index is -3.76. The molecule has 0 spiro atoms. The SMILES string of the molecule is CS(=O)(=O)N(c1ccccc1Cl)c1scnc1C(=O)O. The summed E-state index contributed by atoms with van der Waals surface area (Å²) in [5.74, 6) is -1.30. The molecule has 9 heteroatoms. The number of sulfonamides is 1. The summed E-state index contributed by atoms with van der Waals surface area (Å²) in [6.45, 7) is 0. The van der Waals surface area contributed by atoms with Crippen LogP contribution in [0.3, 0.4) is 0 Å². The molecule has 2 rings (SSSR count). The maximum Gasteiger partial charge on any atom is 0.357 e. The zero-order valence-electron chi connectivity index (χ0n) is 10.1. The van der Waals surface area contributed by atoms with Gasteiger partial charge in [-0.25, -0.2) is 22.5 Å². The summed E-state index contributed by atoms with van der Waals surface area (Å²) in [5.41, 5.74) is 1.12. The number of carbonyl (C=O) groups is 1. The number of carboxylic acid groups (broad SMARTS) is 1. The molecule has 6 nitrogen and oxygen atoms in total. The molecule has 20 heavy (non-hydrogen) atoms. The summed E-state index contributed by atoms with van der Waals surface area (Å²) in [6, 6.07) is 6.28. The maximum atomic E-state index is 12.0. The van der Waals surface area contributed by atoms with Crippen molar-refractivity contribution in [3.8, 4) is 0 Å². The van der Waals surface area contributed by atoms with E-state index in [-0.39, 0.29) is 21.4 Å². The molecule has 2 aromatic rings. The van der Waals surface area contributed by atoms with Gasteiger partial charge in [0.25, 0.3) is 0 Å². The number of benzene rings is 1. The number of nitrogens with zero attached hydrogens (tertiary/aromatic N) is 2. The first-order chi connectivity index (χ1) is 9.32. The zero-order valence-corrected chi connectivity index (χ0v) is 12.5. The van der Waals surface area contributed by atoms with E-state index in [4.69, 9.17) is 16.7 Å². The van der Waals surface area contributed by atoms with Crippen LogP contribution < -0.4 is 4.31 Å². The fraction of sp³-hybridized carbons (Fsp3) is 0.0909. The standard InChI is InChI=1S/C11H9ClN2O4S2/c1-20(17,18)14(8-5-3-2-4-7(8)12)10-9(11(15)16)13-6-19-10/h2-6H,1H3,(H,15,16).